The summed E-state index contributed by atoms with van der Waals surface area (Å²) < 4.78 is 18.0. The quantitative estimate of drug-likeness (QED) is 0.223. The van der Waals surface area contributed by atoms with E-state index < -0.39 is 10.7 Å². The third-order valence-corrected chi connectivity index (χ3v) is 7.18. The number of anilines is 2. The number of amides is 1. The second-order valence-corrected chi connectivity index (χ2v) is 10.9. The van der Waals surface area contributed by atoms with Gasteiger partial charge in [0.25, 0.3) is 0 Å². The maximum Gasteiger partial charge on any atom is 0.332 e. The van der Waals surface area contributed by atoms with E-state index >= 15 is 4.39 Å². The summed E-state index contributed by atoms with van der Waals surface area (Å²) in [4.78, 5) is 30.0. The van der Waals surface area contributed by atoms with E-state index in [1.165, 1.54) is 28.2 Å². The molecular weight excluding hydrogens is 519 g/mol. The molecule has 3 heterocycles. The summed E-state index contributed by atoms with van der Waals surface area (Å²) in [6.07, 6.45) is 3.99. The Morgan fingerprint density at radius 3 is 2.46 bits per heavy atom. The highest BCUT2D eigenvalue weighted by Crippen LogP contribution is 2.41. The summed E-state index contributed by atoms with van der Waals surface area (Å²) in [6.45, 7) is 4.25. The number of phenols is 1. The zero-order chi connectivity index (χ0) is 28.1. The number of pyridine rings is 1. The van der Waals surface area contributed by atoms with Gasteiger partial charge in [-0.3, -0.25) is 9.36 Å². The molecule has 0 spiro atoms. The number of rotatable bonds is 5. The summed E-state index contributed by atoms with van der Waals surface area (Å²) in [6, 6.07) is 11.1. The summed E-state index contributed by atoms with van der Waals surface area (Å²) in [5.41, 5.74) is 9.04. The number of nitrogens with two attached hydrogens (primary N) is 1. The Balaban J connectivity index is 1.60. The highest BCUT2D eigenvalue weighted by molar-refractivity contribution is 7.81. The van der Waals surface area contributed by atoms with Crippen LogP contribution in [0.3, 0.4) is 0 Å². The van der Waals surface area contributed by atoms with Gasteiger partial charge in [0.05, 0.1) is 10.6 Å². The number of benzene rings is 2. The van der Waals surface area contributed by atoms with Gasteiger partial charge in [0.1, 0.15) is 23.2 Å². The number of aromatic hydroxyl groups is 1. The lowest BCUT2D eigenvalue weighted by Gasteiger charge is -2.22. The zero-order valence-corrected chi connectivity index (χ0v) is 22.7. The van der Waals surface area contributed by atoms with Crippen LogP contribution in [0, 0.1) is 12.7 Å². The number of nitrogens with zero attached hydrogens (tertiary/aromatic N) is 4. The van der Waals surface area contributed by atoms with Gasteiger partial charge >= 0.3 is 5.69 Å². The number of hydrogen-bond acceptors (Lipinski definition) is 7. The Labute approximate surface area is 230 Å². The molecule has 202 valence electrons. The van der Waals surface area contributed by atoms with Crippen molar-refractivity contribution >= 4 is 30.2 Å². The average molecular weight is 549 g/mol. The fraction of sp³-hybridized carbons (Fsp3) is 0.250. The molecule has 5 rings (SSSR count). The van der Waals surface area contributed by atoms with Gasteiger partial charge < -0.3 is 25.6 Å². The highest BCUT2D eigenvalue weighted by Gasteiger charge is 2.32. The Kier molecular flexibility index (Phi) is 6.73. The van der Waals surface area contributed by atoms with Gasteiger partial charge in [0.15, 0.2) is 0 Å². The van der Waals surface area contributed by atoms with Crippen LogP contribution in [0.5, 0.6) is 5.75 Å². The van der Waals surface area contributed by atoms with E-state index in [0.29, 0.717) is 42.1 Å². The van der Waals surface area contributed by atoms with Crippen LogP contribution < -0.4 is 21.6 Å². The number of aryl methyl sites for hydroxylation is 2. The third kappa shape index (κ3) is 5.27. The van der Waals surface area contributed by atoms with E-state index in [2.05, 4.69) is 22.9 Å². The van der Waals surface area contributed by atoms with Gasteiger partial charge in [-0.15, -0.1) is 0 Å². The van der Waals surface area contributed by atoms with Gasteiger partial charge in [-0.05, 0) is 66.4 Å². The second-order valence-electron chi connectivity index (χ2n) is 9.97. The molecule has 1 amide bonds. The number of imidazole rings is 1. The molecule has 1 saturated heterocycles. The van der Waals surface area contributed by atoms with Crippen molar-refractivity contribution in [3.05, 3.63) is 76.7 Å². The smallest absolute Gasteiger partial charge is 0.332 e. The van der Waals surface area contributed by atoms with Crippen molar-refractivity contribution in [3.8, 4) is 33.7 Å². The molecule has 0 aliphatic carbocycles. The molecule has 9 nitrogen and oxygen atoms in total. The number of carbonyl (C=O) groups is 1. The fourth-order valence-corrected chi connectivity index (χ4v) is 5.14. The highest BCUT2D eigenvalue weighted by atomic mass is 32.1. The first-order chi connectivity index (χ1) is 18.4. The van der Waals surface area contributed by atoms with Gasteiger partial charge in [-0.25, -0.2) is 14.2 Å². The maximum atomic E-state index is 15.0. The van der Waals surface area contributed by atoms with E-state index in [0.717, 1.165) is 5.56 Å². The van der Waals surface area contributed by atoms with Crippen molar-refractivity contribution in [2.24, 2.45) is 12.8 Å². The van der Waals surface area contributed by atoms with Crippen molar-refractivity contribution in [3.63, 3.8) is 0 Å². The lowest BCUT2D eigenvalue weighted by Crippen LogP contribution is -2.36. The lowest BCUT2D eigenvalue weighted by atomic mass is 9.96. The molecule has 1 fully saturated rings. The van der Waals surface area contributed by atoms with Crippen LogP contribution in [0.15, 0.2) is 59.7 Å². The number of phenolic OH excluding ortho intramolecular Hbond substituents is 1. The number of halogens is 1. The molecule has 1 aliphatic heterocycles. The first-order valence-electron chi connectivity index (χ1n) is 12.4. The van der Waals surface area contributed by atoms with Crippen molar-refractivity contribution in [2.75, 3.05) is 23.3 Å². The maximum absolute atomic E-state index is 15.0. The minimum absolute atomic E-state index is 0.129. The molecular formula is C28H29FN6O3S. The van der Waals surface area contributed by atoms with E-state index in [9.17, 15) is 14.7 Å². The molecule has 0 unspecified atom stereocenters. The molecule has 0 bridgehead atoms. The van der Waals surface area contributed by atoms with Gasteiger partial charge in [0.2, 0.25) is 5.91 Å². The standard InChI is InChI=1S/C28H29FN6O3S/c1-16-10-18(4-5-23(16)35-9-8-33(3)27(35)38)21-13-20(29)14-22(26(21)37)19-11-24(31-17(2)36)32-25(12-19)34-7-6-28(30,39)15-34/h4-5,8-14,37,39H,6-7,15,30H2,1-3H3,(H,31,32,36)/t28-/m1/s1. The SMILES string of the molecule is CC(=O)Nc1cc(-c2cc(F)cc(-c3ccc(-n4ccn(C)c4=O)c(C)c3)c2O)cc(N2CC[C@@](N)(S)C2)n1. The Morgan fingerprint density at radius 1 is 1.15 bits per heavy atom. The lowest BCUT2D eigenvalue weighted by molar-refractivity contribution is -0.114. The summed E-state index contributed by atoms with van der Waals surface area (Å²) >= 11 is 4.49. The summed E-state index contributed by atoms with van der Waals surface area (Å²) in [5.74, 6) is -0.198. The first kappa shape index (κ1) is 26.5. The number of hydrogen-bond donors (Lipinski definition) is 4. The van der Waals surface area contributed by atoms with E-state index in [4.69, 9.17) is 5.73 Å². The predicted molar refractivity (Wildman–Crippen MR) is 153 cm³/mol. The first-order valence-corrected chi connectivity index (χ1v) is 12.8. The second kappa shape index (κ2) is 9.90. The molecule has 4 aromatic rings. The van der Waals surface area contributed by atoms with Crippen LogP contribution in [0.4, 0.5) is 16.0 Å². The Morgan fingerprint density at radius 2 is 1.87 bits per heavy atom. The Bertz CT molecular complexity index is 1660. The molecule has 1 atom stereocenters. The third-order valence-electron chi connectivity index (χ3n) is 6.82. The van der Waals surface area contributed by atoms with Gasteiger partial charge in [0, 0.05) is 50.6 Å². The molecule has 2 aromatic heterocycles. The van der Waals surface area contributed by atoms with Crippen molar-refractivity contribution in [1.29, 1.82) is 0 Å². The largest absolute Gasteiger partial charge is 0.507 e. The fourth-order valence-electron chi connectivity index (χ4n) is 4.87. The van der Waals surface area contributed by atoms with E-state index in [-0.39, 0.29) is 34.3 Å². The summed E-state index contributed by atoms with van der Waals surface area (Å²) in [7, 11) is 1.67. The molecule has 1 aliphatic rings. The number of aromatic nitrogens is 3. The van der Waals surface area contributed by atoms with Crippen molar-refractivity contribution in [2.45, 2.75) is 25.1 Å². The van der Waals surface area contributed by atoms with Crippen LogP contribution in [-0.4, -0.2) is 43.1 Å². The molecule has 0 saturated carbocycles. The van der Waals surface area contributed by atoms with Gasteiger partial charge in [-0.2, -0.15) is 12.6 Å². The molecule has 11 heteroatoms. The van der Waals surface area contributed by atoms with Gasteiger partial charge in [-0.1, -0.05) is 6.07 Å². The number of nitrogens with one attached hydrogen (secondary N) is 1. The minimum atomic E-state index is -0.686. The van der Waals surface area contributed by atoms with Crippen LogP contribution in [0.25, 0.3) is 27.9 Å². The van der Waals surface area contributed by atoms with Crippen LogP contribution in [0.2, 0.25) is 0 Å². The van der Waals surface area contributed by atoms with E-state index in [1.807, 2.05) is 11.8 Å². The predicted octanol–water partition coefficient (Wildman–Crippen LogP) is 3.81. The van der Waals surface area contributed by atoms with Crippen LogP contribution >= 0.6 is 12.6 Å². The van der Waals surface area contributed by atoms with E-state index in [1.54, 1.807) is 49.8 Å². The molecule has 0 radical (unpaired) electrons. The topological polar surface area (TPSA) is 118 Å². The molecule has 2 aromatic carbocycles. The minimum Gasteiger partial charge on any atom is -0.507 e. The van der Waals surface area contributed by atoms with Crippen LogP contribution in [-0.2, 0) is 11.8 Å². The van der Waals surface area contributed by atoms with Crippen molar-refractivity contribution < 1.29 is 14.3 Å². The Hall–Kier alpha value is -4.09. The normalized spacial score (nSPS) is 17.0. The molecule has 39 heavy (non-hydrogen) atoms. The zero-order valence-electron chi connectivity index (χ0n) is 21.8. The number of thiol groups is 1. The molecule has 4 N–H and O–H groups in total. The average Bonchev–Trinajstić information content (AvgIpc) is 3.40. The van der Waals surface area contributed by atoms with Crippen molar-refractivity contribution in [1.82, 2.24) is 14.1 Å². The van der Waals surface area contributed by atoms with Crippen LogP contribution in [0.1, 0.15) is 18.9 Å². The summed E-state index contributed by atoms with van der Waals surface area (Å²) in [5, 5.41) is 14.1. The monoisotopic (exact) mass is 548 g/mol. The number of carbonyl (C=O) groups excluding carboxylic acids is 1.